The Bertz CT molecular complexity index is 1600. The fourth-order valence-corrected chi connectivity index (χ4v) is 9.12. The number of phenolic OH excluding ortho intramolecular Hbond substituents is 2. The second-order valence-corrected chi connectivity index (χ2v) is 14.3. The van der Waals surface area contributed by atoms with E-state index in [1.807, 2.05) is 29.2 Å². The molecule has 5 atom stereocenters. The molecule has 2 aromatic carbocycles. The molecule has 2 aromatic rings. The number of phenols is 2. The van der Waals surface area contributed by atoms with Crippen molar-refractivity contribution in [1.29, 1.82) is 0 Å². The van der Waals surface area contributed by atoms with Crippen LogP contribution in [0.15, 0.2) is 59.7 Å². The van der Waals surface area contributed by atoms with Gasteiger partial charge in [-0.1, -0.05) is 43.2 Å². The summed E-state index contributed by atoms with van der Waals surface area (Å²) in [5, 5.41) is 32.4. The van der Waals surface area contributed by atoms with Gasteiger partial charge in [-0.05, 0) is 98.2 Å². The Hall–Kier alpha value is -3.62. The summed E-state index contributed by atoms with van der Waals surface area (Å²) in [6, 6.07) is 10.5. The zero-order chi connectivity index (χ0) is 32.9. The topological polar surface area (TPSA) is 117 Å². The number of hydrogen-bond donors (Lipinski definition) is 3. The van der Waals surface area contributed by atoms with Crippen LogP contribution >= 0.6 is 0 Å². The molecule has 0 radical (unpaired) electrons. The number of benzene rings is 2. The summed E-state index contributed by atoms with van der Waals surface area (Å²) in [5.41, 5.74) is 2.31. The van der Waals surface area contributed by atoms with Gasteiger partial charge < -0.3 is 24.8 Å². The summed E-state index contributed by atoms with van der Waals surface area (Å²) in [5.74, 6) is 1.43. The number of ether oxygens (including phenoxy) is 2. The standard InChI is InChI=1S/C38H47NO7/c1-36-15-11-27(40)21-26(36)7-8-28-29(36)12-16-37(2)30(28)13-17-38(37,44)35(43)23-39(22-25-5-9-31(41)32(42)19-25)18-14-24-6-10-33(45-3)34(20-24)46-4/h5-6,9-10,12,19-21,28,30,41-42,44H,7-8,11,13-18,22-23H2,1-4H3/t28-,30+,36+,37+,38+/m1/s1. The number of carbonyl (C=O) groups excluding carboxylic acids is 2. The van der Waals surface area contributed by atoms with Gasteiger partial charge in [-0.15, -0.1) is 0 Å². The van der Waals surface area contributed by atoms with Crippen LogP contribution in [0.3, 0.4) is 0 Å². The van der Waals surface area contributed by atoms with Crippen LogP contribution in [0.2, 0.25) is 0 Å². The van der Waals surface area contributed by atoms with E-state index in [1.165, 1.54) is 23.3 Å². The third-order valence-corrected chi connectivity index (χ3v) is 11.9. The first kappa shape index (κ1) is 32.3. The molecule has 0 spiro atoms. The molecule has 8 nitrogen and oxygen atoms in total. The van der Waals surface area contributed by atoms with Gasteiger partial charge in [-0.3, -0.25) is 14.5 Å². The third kappa shape index (κ3) is 5.43. The summed E-state index contributed by atoms with van der Waals surface area (Å²) >= 11 is 0. The number of ketones is 2. The highest BCUT2D eigenvalue weighted by Crippen LogP contribution is 2.65. The Balaban J connectivity index is 1.24. The minimum absolute atomic E-state index is 0.0572. The van der Waals surface area contributed by atoms with Crippen LogP contribution in [-0.2, 0) is 22.6 Å². The maximum Gasteiger partial charge on any atom is 0.178 e. The first-order valence-corrected chi connectivity index (χ1v) is 16.6. The molecule has 0 aromatic heterocycles. The molecular weight excluding hydrogens is 582 g/mol. The lowest BCUT2D eigenvalue weighted by atomic mass is 9.50. The number of methoxy groups -OCH3 is 2. The van der Waals surface area contributed by atoms with Crippen LogP contribution in [0.25, 0.3) is 0 Å². The smallest absolute Gasteiger partial charge is 0.178 e. The van der Waals surface area contributed by atoms with E-state index in [-0.39, 0.29) is 40.9 Å². The predicted molar refractivity (Wildman–Crippen MR) is 175 cm³/mol. The van der Waals surface area contributed by atoms with Crippen molar-refractivity contribution >= 4 is 11.6 Å². The average Bonchev–Trinajstić information content (AvgIpc) is 3.33. The maximum absolute atomic E-state index is 14.3. The van der Waals surface area contributed by atoms with E-state index < -0.39 is 11.0 Å². The average molecular weight is 630 g/mol. The number of nitrogens with zero attached hydrogens (tertiary/aromatic N) is 1. The van der Waals surface area contributed by atoms with Crippen LogP contribution in [0, 0.1) is 22.7 Å². The minimum atomic E-state index is -1.46. The number of carbonyl (C=O) groups is 2. The van der Waals surface area contributed by atoms with Crippen LogP contribution in [0.1, 0.15) is 69.9 Å². The highest BCUT2D eigenvalue weighted by atomic mass is 16.5. The number of aromatic hydroxyl groups is 2. The summed E-state index contributed by atoms with van der Waals surface area (Å²) < 4.78 is 10.9. The fourth-order valence-electron chi connectivity index (χ4n) is 9.12. The van der Waals surface area contributed by atoms with E-state index in [0.29, 0.717) is 56.2 Å². The molecule has 0 saturated heterocycles. The lowest BCUT2D eigenvalue weighted by Crippen LogP contribution is -2.57. The number of allylic oxidation sites excluding steroid dienone is 4. The molecule has 0 heterocycles. The lowest BCUT2D eigenvalue weighted by Gasteiger charge is -2.54. The van der Waals surface area contributed by atoms with E-state index in [9.17, 15) is 24.9 Å². The normalized spacial score (nSPS) is 30.2. The Labute approximate surface area is 271 Å². The van der Waals surface area contributed by atoms with Gasteiger partial charge in [-0.2, -0.15) is 0 Å². The fraction of sp³-hybridized carbons (Fsp3) is 0.526. The first-order valence-electron chi connectivity index (χ1n) is 16.6. The highest BCUT2D eigenvalue weighted by Gasteiger charge is 2.64. The van der Waals surface area contributed by atoms with Crippen LogP contribution in [0.4, 0.5) is 0 Å². The molecular formula is C38H47NO7. The summed E-state index contributed by atoms with van der Waals surface area (Å²) in [6.45, 7) is 5.34. The Morgan fingerprint density at radius 1 is 0.957 bits per heavy atom. The molecule has 0 unspecified atom stereocenters. The van der Waals surface area contributed by atoms with E-state index in [4.69, 9.17) is 9.47 Å². The second kappa shape index (κ2) is 12.2. The number of hydrogen-bond acceptors (Lipinski definition) is 8. The molecule has 2 saturated carbocycles. The molecule has 6 rings (SSSR count). The number of aliphatic hydroxyl groups is 1. The van der Waals surface area contributed by atoms with Crippen molar-refractivity contribution in [3.05, 3.63) is 70.8 Å². The zero-order valence-electron chi connectivity index (χ0n) is 27.5. The van der Waals surface area contributed by atoms with E-state index in [2.05, 4.69) is 19.9 Å². The monoisotopic (exact) mass is 629 g/mol. The van der Waals surface area contributed by atoms with Gasteiger partial charge in [0.05, 0.1) is 20.8 Å². The quantitative estimate of drug-likeness (QED) is 0.219. The van der Waals surface area contributed by atoms with Crippen molar-refractivity contribution in [3.63, 3.8) is 0 Å². The minimum Gasteiger partial charge on any atom is -0.504 e. The van der Waals surface area contributed by atoms with E-state index in [1.54, 1.807) is 20.3 Å². The van der Waals surface area contributed by atoms with Gasteiger partial charge >= 0.3 is 0 Å². The molecule has 0 amide bonds. The Morgan fingerprint density at radius 3 is 2.46 bits per heavy atom. The van der Waals surface area contributed by atoms with Crippen molar-refractivity contribution in [3.8, 4) is 23.0 Å². The first-order chi connectivity index (χ1) is 21.9. The van der Waals surface area contributed by atoms with Crippen LogP contribution in [0.5, 0.6) is 23.0 Å². The molecule has 8 heteroatoms. The van der Waals surface area contributed by atoms with Gasteiger partial charge in [0.15, 0.2) is 34.6 Å². The Morgan fingerprint density at radius 2 is 1.72 bits per heavy atom. The number of rotatable bonds is 10. The third-order valence-electron chi connectivity index (χ3n) is 11.9. The largest absolute Gasteiger partial charge is 0.504 e. The van der Waals surface area contributed by atoms with Crippen molar-refractivity contribution in [2.24, 2.45) is 22.7 Å². The highest BCUT2D eigenvalue weighted by molar-refractivity contribution is 5.92. The summed E-state index contributed by atoms with van der Waals surface area (Å²) in [7, 11) is 3.20. The van der Waals surface area contributed by atoms with Crippen LogP contribution < -0.4 is 9.47 Å². The zero-order valence-corrected chi connectivity index (χ0v) is 27.5. The molecule has 0 bridgehead atoms. The van der Waals surface area contributed by atoms with E-state index >= 15 is 0 Å². The van der Waals surface area contributed by atoms with E-state index in [0.717, 1.165) is 36.8 Å². The van der Waals surface area contributed by atoms with Crippen molar-refractivity contribution in [2.45, 2.75) is 77.4 Å². The molecule has 4 aliphatic rings. The lowest BCUT2D eigenvalue weighted by molar-refractivity contribution is -0.154. The van der Waals surface area contributed by atoms with Gasteiger partial charge in [0.1, 0.15) is 5.60 Å². The van der Waals surface area contributed by atoms with Crippen molar-refractivity contribution < 1.29 is 34.4 Å². The summed E-state index contributed by atoms with van der Waals surface area (Å²) in [4.78, 5) is 28.6. The number of fused-ring (bicyclic) bond motifs is 5. The molecule has 2 fully saturated rings. The molecule has 46 heavy (non-hydrogen) atoms. The van der Waals surface area contributed by atoms with Gasteiger partial charge in [0, 0.05) is 30.3 Å². The summed E-state index contributed by atoms with van der Waals surface area (Å²) in [6.07, 6.45) is 9.95. The van der Waals surface area contributed by atoms with Crippen molar-refractivity contribution in [2.75, 3.05) is 27.3 Å². The second-order valence-electron chi connectivity index (χ2n) is 14.3. The van der Waals surface area contributed by atoms with Gasteiger partial charge in [0.2, 0.25) is 0 Å². The van der Waals surface area contributed by atoms with Gasteiger partial charge in [0.25, 0.3) is 0 Å². The molecule has 246 valence electrons. The number of Topliss-reactive ketones (excluding diaryl/α,β-unsaturated/α-hetero) is 1. The maximum atomic E-state index is 14.3. The Kier molecular flexibility index (Phi) is 8.57. The SMILES string of the molecule is COc1ccc(CCN(CC(=O)[C@@]2(O)CC[C@H]3[C@@H]4CCC5=CC(=O)CC[C@]5(C)C4=CC[C@@]32C)Cc2ccc(O)c(O)c2)cc1OC. The van der Waals surface area contributed by atoms with Crippen molar-refractivity contribution in [1.82, 2.24) is 4.90 Å². The van der Waals surface area contributed by atoms with Crippen LogP contribution in [-0.4, -0.2) is 64.7 Å². The molecule has 4 aliphatic carbocycles. The molecule has 0 aliphatic heterocycles. The predicted octanol–water partition coefficient (Wildman–Crippen LogP) is 5.91. The molecule has 3 N–H and O–H groups in total. The van der Waals surface area contributed by atoms with Gasteiger partial charge in [-0.25, -0.2) is 0 Å².